The Hall–Kier alpha value is -0.340. The molecule has 2 N–H and O–H groups in total. The lowest BCUT2D eigenvalue weighted by Crippen LogP contribution is -2.44. The van der Waals surface area contributed by atoms with Crippen LogP contribution in [-0.2, 0) is 14.9 Å². The van der Waals surface area contributed by atoms with Gasteiger partial charge >= 0.3 is 16.3 Å². The monoisotopic (exact) mass is 288 g/mol. The third-order valence-corrected chi connectivity index (χ3v) is 3.20. The smallest absolute Gasteiger partial charge is 0.421 e. The van der Waals surface area contributed by atoms with E-state index in [9.17, 15) is 13.2 Å². The van der Waals surface area contributed by atoms with E-state index in [0.717, 1.165) is 0 Å². The third-order valence-electron chi connectivity index (χ3n) is 1.08. The molecular weight excluding hydrogens is 276 g/mol. The van der Waals surface area contributed by atoms with Crippen molar-refractivity contribution in [3.05, 3.63) is 0 Å². The van der Waals surface area contributed by atoms with E-state index in [1.165, 1.54) is 0 Å². The highest BCUT2D eigenvalue weighted by Gasteiger charge is 2.16. The van der Waals surface area contributed by atoms with Crippen molar-refractivity contribution >= 4 is 32.2 Å². The normalized spacial score (nSPS) is 13.4. The first-order valence-electron chi connectivity index (χ1n) is 3.94. The minimum absolute atomic E-state index is 0.120. The van der Waals surface area contributed by atoms with Gasteiger partial charge in [0, 0.05) is 11.4 Å². The second kappa shape index (κ2) is 6.20. The first-order valence-corrected chi connectivity index (χ1v) is 6.54. The van der Waals surface area contributed by atoms with E-state index in [2.05, 4.69) is 25.4 Å². The van der Waals surface area contributed by atoms with E-state index >= 15 is 0 Å². The number of carbonyl (C=O) groups is 1. The fraction of sp³-hybridized carbons (Fsp3) is 0.833. The molecule has 0 saturated heterocycles. The average Bonchev–Trinajstić information content (AvgIpc) is 2.02. The number of halogens is 1. The Bertz CT molecular complexity index is 280. The molecule has 0 aromatic carbocycles. The van der Waals surface area contributed by atoms with Crippen LogP contribution in [0.25, 0.3) is 0 Å². The predicted octanol–water partition coefficient (Wildman–Crippen LogP) is 0.350. The molecule has 0 radical (unpaired) electrons. The van der Waals surface area contributed by atoms with Gasteiger partial charge in [-0.15, -0.1) is 0 Å². The molecule has 84 valence electrons. The molecule has 0 saturated carbocycles. The number of nitrogens with one attached hydrogen (secondary N) is 2. The lowest BCUT2D eigenvalue weighted by atomic mass is 10.4. The van der Waals surface area contributed by atoms with E-state index in [1.54, 1.807) is 18.6 Å². The quantitative estimate of drug-likeness (QED) is 0.715. The van der Waals surface area contributed by atoms with Gasteiger partial charge in [0.25, 0.3) is 0 Å². The van der Waals surface area contributed by atoms with Gasteiger partial charge in [0.05, 0.1) is 6.61 Å². The molecule has 0 bridgehead atoms. The molecule has 14 heavy (non-hydrogen) atoms. The summed E-state index contributed by atoms with van der Waals surface area (Å²) in [5.41, 5.74) is 0. The Morgan fingerprint density at radius 2 is 2.14 bits per heavy atom. The van der Waals surface area contributed by atoms with Crippen LogP contribution in [0.15, 0.2) is 0 Å². The standard InChI is InChI=1S/C6H13BrN2O4S/c1-3-13-6(10)9-14(11,12)8-5(2)4-7/h5,8H,3-4H2,1-2H3,(H,9,10). The summed E-state index contributed by atoms with van der Waals surface area (Å²) in [5, 5.41) is 0.455. The fourth-order valence-electron chi connectivity index (χ4n) is 0.596. The van der Waals surface area contributed by atoms with Crippen LogP contribution in [-0.4, -0.2) is 32.5 Å². The molecule has 1 unspecified atom stereocenters. The summed E-state index contributed by atoms with van der Waals surface area (Å²) in [7, 11) is -3.82. The molecule has 0 spiro atoms. The Kier molecular flexibility index (Phi) is 6.05. The van der Waals surface area contributed by atoms with Crippen LogP contribution in [0.2, 0.25) is 0 Å². The molecule has 6 nitrogen and oxygen atoms in total. The van der Waals surface area contributed by atoms with Gasteiger partial charge in [-0.2, -0.15) is 13.1 Å². The first kappa shape index (κ1) is 13.7. The van der Waals surface area contributed by atoms with E-state index in [-0.39, 0.29) is 12.6 Å². The largest absolute Gasteiger partial charge is 0.449 e. The number of hydrogen-bond acceptors (Lipinski definition) is 4. The highest BCUT2D eigenvalue weighted by atomic mass is 79.9. The highest BCUT2D eigenvalue weighted by molar-refractivity contribution is 9.09. The summed E-state index contributed by atoms with van der Waals surface area (Å²) in [4.78, 5) is 10.8. The van der Waals surface area contributed by atoms with Crippen molar-refractivity contribution in [3.8, 4) is 0 Å². The van der Waals surface area contributed by atoms with Gasteiger partial charge < -0.3 is 4.74 Å². The zero-order chi connectivity index (χ0) is 11.2. The lowest BCUT2D eigenvalue weighted by molar-refractivity contribution is 0.158. The lowest BCUT2D eigenvalue weighted by Gasteiger charge is -2.11. The van der Waals surface area contributed by atoms with E-state index in [1.807, 2.05) is 0 Å². The topological polar surface area (TPSA) is 84.5 Å². The molecule has 0 rings (SSSR count). The maximum atomic E-state index is 11.1. The minimum Gasteiger partial charge on any atom is -0.449 e. The molecule has 0 aliphatic rings. The summed E-state index contributed by atoms with van der Waals surface area (Å²) < 4.78 is 30.6. The summed E-state index contributed by atoms with van der Waals surface area (Å²) in [6, 6.07) is -0.304. The summed E-state index contributed by atoms with van der Waals surface area (Å²) in [6.07, 6.45) is -0.984. The van der Waals surface area contributed by atoms with E-state index in [0.29, 0.717) is 5.33 Å². The molecule has 1 amide bonds. The Morgan fingerprint density at radius 3 is 2.57 bits per heavy atom. The van der Waals surface area contributed by atoms with Gasteiger partial charge in [-0.25, -0.2) is 9.52 Å². The molecule has 1 atom stereocenters. The highest BCUT2D eigenvalue weighted by Crippen LogP contribution is 1.91. The van der Waals surface area contributed by atoms with Crippen LogP contribution in [0.3, 0.4) is 0 Å². The van der Waals surface area contributed by atoms with Crippen molar-refractivity contribution in [2.45, 2.75) is 19.9 Å². The minimum atomic E-state index is -3.82. The van der Waals surface area contributed by atoms with E-state index in [4.69, 9.17) is 0 Å². The van der Waals surface area contributed by atoms with Gasteiger partial charge in [0.15, 0.2) is 0 Å². The maximum absolute atomic E-state index is 11.1. The fourth-order valence-corrected chi connectivity index (χ4v) is 1.92. The summed E-state index contributed by atoms with van der Waals surface area (Å²) >= 11 is 3.09. The van der Waals surface area contributed by atoms with Crippen molar-refractivity contribution in [2.75, 3.05) is 11.9 Å². The number of ether oxygens (including phenoxy) is 1. The Balaban J connectivity index is 4.14. The second-order valence-electron chi connectivity index (χ2n) is 2.50. The van der Waals surface area contributed by atoms with Crippen LogP contribution in [0.1, 0.15) is 13.8 Å². The number of alkyl halides is 1. The number of rotatable bonds is 5. The summed E-state index contributed by atoms with van der Waals surface area (Å²) in [5.74, 6) is 0. The van der Waals surface area contributed by atoms with Crippen LogP contribution in [0, 0.1) is 0 Å². The molecule has 0 heterocycles. The van der Waals surface area contributed by atoms with Crippen LogP contribution in [0.5, 0.6) is 0 Å². The number of hydrogen-bond donors (Lipinski definition) is 2. The predicted molar refractivity (Wildman–Crippen MR) is 55.5 cm³/mol. The van der Waals surface area contributed by atoms with Crippen molar-refractivity contribution in [2.24, 2.45) is 0 Å². The molecule has 0 aliphatic heterocycles. The van der Waals surface area contributed by atoms with Gasteiger partial charge in [-0.3, -0.25) is 0 Å². The van der Waals surface area contributed by atoms with Gasteiger partial charge in [0.1, 0.15) is 0 Å². The number of carbonyl (C=O) groups excluding carboxylic acids is 1. The van der Waals surface area contributed by atoms with Crippen LogP contribution < -0.4 is 9.44 Å². The molecule has 0 aromatic rings. The average molecular weight is 289 g/mol. The Morgan fingerprint density at radius 1 is 1.57 bits per heavy atom. The molecule has 0 aromatic heterocycles. The molecular formula is C6H13BrN2O4S. The Labute approximate surface area is 91.7 Å². The van der Waals surface area contributed by atoms with Gasteiger partial charge in [-0.05, 0) is 13.8 Å². The van der Waals surface area contributed by atoms with Crippen molar-refractivity contribution < 1.29 is 17.9 Å². The molecule has 0 fully saturated rings. The molecule has 8 heteroatoms. The van der Waals surface area contributed by atoms with Crippen molar-refractivity contribution in [3.63, 3.8) is 0 Å². The van der Waals surface area contributed by atoms with Gasteiger partial charge in [0.2, 0.25) is 0 Å². The first-order chi connectivity index (χ1) is 6.41. The SMILES string of the molecule is CCOC(=O)NS(=O)(=O)NC(C)CBr. The van der Waals surface area contributed by atoms with Gasteiger partial charge in [-0.1, -0.05) is 15.9 Å². The zero-order valence-electron chi connectivity index (χ0n) is 7.91. The zero-order valence-corrected chi connectivity index (χ0v) is 10.3. The van der Waals surface area contributed by atoms with Crippen molar-refractivity contribution in [1.82, 2.24) is 9.44 Å². The van der Waals surface area contributed by atoms with Crippen LogP contribution >= 0.6 is 15.9 Å². The number of amides is 1. The molecule has 0 aliphatic carbocycles. The second-order valence-corrected chi connectivity index (χ2v) is 4.59. The summed E-state index contributed by atoms with van der Waals surface area (Å²) in [6.45, 7) is 3.36. The van der Waals surface area contributed by atoms with Crippen LogP contribution in [0.4, 0.5) is 4.79 Å². The third kappa shape index (κ3) is 6.17. The van der Waals surface area contributed by atoms with Crippen molar-refractivity contribution in [1.29, 1.82) is 0 Å². The van der Waals surface area contributed by atoms with E-state index < -0.39 is 16.3 Å². The maximum Gasteiger partial charge on any atom is 0.421 e.